The first kappa shape index (κ1) is 19.4. The van der Waals surface area contributed by atoms with Crippen LogP contribution in [0.4, 0.5) is 5.69 Å². The molecule has 3 aromatic rings. The molecular formula is C18H19N5O2S2. The summed E-state index contributed by atoms with van der Waals surface area (Å²) in [4.78, 5) is 15.3. The molecule has 140 valence electrons. The van der Waals surface area contributed by atoms with Crippen LogP contribution in [0.5, 0.6) is 0 Å². The maximum absolute atomic E-state index is 11.3. The number of aromatic nitrogens is 4. The summed E-state index contributed by atoms with van der Waals surface area (Å²) in [6.45, 7) is 4.65. The van der Waals surface area contributed by atoms with Gasteiger partial charge in [0.15, 0.2) is 11.0 Å². The van der Waals surface area contributed by atoms with Crippen LogP contribution in [0.1, 0.15) is 18.1 Å². The smallest absolute Gasteiger partial charge is 0.273 e. The summed E-state index contributed by atoms with van der Waals surface area (Å²) in [5.74, 6) is 1.22. The van der Waals surface area contributed by atoms with Crippen LogP contribution in [0, 0.1) is 17.0 Å². The Kier molecular flexibility index (Phi) is 6.12. The molecule has 0 amide bonds. The Labute approximate surface area is 165 Å². The van der Waals surface area contributed by atoms with Crippen LogP contribution >= 0.6 is 23.5 Å². The van der Waals surface area contributed by atoms with Gasteiger partial charge in [0.2, 0.25) is 0 Å². The summed E-state index contributed by atoms with van der Waals surface area (Å²) in [6, 6.07) is 9.03. The molecule has 0 fully saturated rings. The van der Waals surface area contributed by atoms with Crippen molar-refractivity contribution in [1.82, 2.24) is 19.7 Å². The van der Waals surface area contributed by atoms with Gasteiger partial charge in [0, 0.05) is 30.1 Å². The van der Waals surface area contributed by atoms with Crippen molar-refractivity contribution in [2.75, 3.05) is 6.26 Å². The molecule has 7 nitrogen and oxygen atoms in total. The number of aryl methyl sites for hydroxylation is 1. The summed E-state index contributed by atoms with van der Waals surface area (Å²) < 4.78 is 2.02. The Morgan fingerprint density at radius 1 is 1.26 bits per heavy atom. The van der Waals surface area contributed by atoms with Crippen LogP contribution in [0.15, 0.2) is 46.7 Å². The molecule has 2 aromatic heterocycles. The number of nitrogens with zero attached hydrogens (tertiary/aromatic N) is 5. The molecule has 0 N–H and O–H groups in total. The predicted octanol–water partition coefficient (Wildman–Crippen LogP) is 4.59. The summed E-state index contributed by atoms with van der Waals surface area (Å²) in [7, 11) is 0. The van der Waals surface area contributed by atoms with Crippen molar-refractivity contribution < 1.29 is 4.92 Å². The van der Waals surface area contributed by atoms with E-state index in [4.69, 9.17) is 0 Å². The third-order valence-electron chi connectivity index (χ3n) is 4.03. The zero-order valence-electron chi connectivity index (χ0n) is 15.2. The molecule has 0 saturated heterocycles. The van der Waals surface area contributed by atoms with E-state index in [0.717, 1.165) is 27.1 Å². The Morgan fingerprint density at radius 2 is 2.07 bits per heavy atom. The van der Waals surface area contributed by atoms with E-state index in [2.05, 4.69) is 15.2 Å². The Morgan fingerprint density at radius 3 is 2.78 bits per heavy atom. The van der Waals surface area contributed by atoms with E-state index in [1.165, 1.54) is 11.8 Å². The number of nitro benzene ring substituents is 1. The number of thioether (sulfide) groups is 2. The lowest BCUT2D eigenvalue weighted by molar-refractivity contribution is -0.385. The van der Waals surface area contributed by atoms with Gasteiger partial charge in [-0.1, -0.05) is 23.4 Å². The van der Waals surface area contributed by atoms with Crippen molar-refractivity contribution in [2.24, 2.45) is 0 Å². The van der Waals surface area contributed by atoms with Gasteiger partial charge < -0.3 is 4.57 Å². The first-order valence-corrected chi connectivity index (χ1v) is 10.6. The van der Waals surface area contributed by atoms with Gasteiger partial charge in [0.1, 0.15) is 5.03 Å². The highest BCUT2D eigenvalue weighted by Crippen LogP contribution is 2.32. The molecule has 0 aliphatic heterocycles. The number of hydrogen-bond acceptors (Lipinski definition) is 7. The molecule has 0 atom stereocenters. The van der Waals surface area contributed by atoms with E-state index in [1.807, 2.05) is 42.9 Å². The van der Waals surface area contributed by atoms with E-state index < -0.39 is 0 Å². The Hall–Kier alpha value is -2.39. The number of rotatable bonds is 7. The summed E-state index contributed by atoms with van der Waals surface area (Å²) in [5, 5.41) is 21.6. The van der Waals surface area contributed by atoms with E-state index in [-0.39, 0.29) is 10.6 Å². The molecule has 27 heavy (non-hydrogen) atoms. The minimum Gasteiger partial charge on any atom is -0.302 e. The SMILES string of the molecule is CCn1c(SCc2cc(C)ccc2[N+](=O)[O-])nnc1-c1cccnc1SC. The fourth-order valence-electron chi connectivity index (χ4n) is 2.75. The van der Waals surface area contributed by atoms with E-state index in [9.17, 15) is 10.1 Å². The van der Waals surface area contributed by atoms with Gasteiger partial charge in [0.05, 0.1) is 10.5 Å². The van der Waals surface area contributed by atoms with Gasteiger partial charge in [-0.05, 0) is 38.3 Å². The second kappa shape index (κ2) is 8.53. The topological polar surface area (TPSA) is 86.7 Å². The molecule has 0 radical (unpaired) electrons. The summed E-state index contributed by atoms with van der Waals surface area (Å²) in [6.07, 6.45) is 3.74. The van der Waals surface area contributed by atoms with E-state index in [1.54, 1.807) is 30.1 Å². The highest BCUT2D eigenvalue weighted by atomic mass is 32.2. The minimum absolute atomic E-state index is 0.132. The van der Waals surface area contributed by atoms with Gasteiger partial charge in [-0.3, -0.25) is 10.1 Å². The average molecular weight is 402 g/mol. The maximum atomic E-state index is 11.3. The molecule has 0 aliphatic rings. The third kappa shape index (κ3) is 4.14. The predicted molar refractivity (Wildman–Crippen MR) is 108 cm³/mol. The zero-order valence-corrected chi connectivity index (χ0v) is 16.9. The summed E-state index contributed by atoms with van der Waals surface area (Å²) >= 11 is 3.01. The first-order valence-electron chi connectivity index (χ1n) is 8.34. The first-order chi connectivity index (χ1) is 13.0. The lowest BCUT2D eigenvalue weighted by Gasteiger charge is -2.09. The summed E-state index contributed by atoms with van der Waals surface area (Å²) in [5.41, 5.74) is 2.75. The van der Waals surface area contributed by atoms with E-state index >= 15 is 0 Å². The van der Waals surface area contributed by atoms with Crippen LogP contribution in [0.2, 0.25) is 0 Å². The number of nitro groups is 1. The van der Waals surface area contributed by atoms with Crippen molar-refractivity contribution in [3.8, 4) is 11.4 Å². The minimum atomic E-state index is -0.342. The van der Waals surface area contributed by atoms with Crippen LogP contribution in [0.3, 0.4) is 0 Å². The molecule has 3 rings (SSSR count). The number of benzene rings is 1. The number of hydrogen-bond donors (Lipinski definition) is 0. The third-order valence-corrected chi connectivity index (χ3v) is 5.75. The average Bonchev–Trinajstić information content (AvgIpc) is 3.08. The fraction of sp³-hybridized carbons (Fsp3) is 0.278. The van der Waals surface area contributed by atoms with Gasteiger partial charge >= 0.3 is 0 Å². The van der Waals surface area contributed by atoms with Crippen LogP contribution in [-0.2, 0) is 12.3 Å². The van der Waals surface area contributed by atoms with Crippen LogP contribution < -0.4 is 0 Å². The van der Waals surface area contributed by atoms with E-state index in [0.29, 0.717) is 17.9 Å². The Bertz CT molecular complexity index is 974. The normalized spacial score (nSPS) is 10.9. The van der Waals surface area contributed by atoms with Crippen LogP contribution in [-0.4, -0.2) is 30.9 Å². The number of pyridine rings is 1. The fourth-order valence-corrected chi connectivity index (χ4v) is 4.29. The monoisotopic (exact) mass is 401 g/mol. The van der Waals surface area contributed by atoms with Crippen molar-refractivity contribution >= 4 is 29.2 Å². The molecule has 1 aromatic carbocycles. The standard InChI is InChI=1S/C18H19N5O2S2/c1-4-22-16(14-6-5-9-19-17(14)26-3)20-21-18(22)27-11-13-10-12(2)7-8-15(13)23(24)25/h5-10H,4,11H2,1-3H3. The molecule has 2 heterocycles. The molecule has 0 saturated carbocycles. The lowest BCUT2D eigenvalue weighted by Crippen LogP contribution is -2.01. The van der Waals surface area contributed by atoms with Gasteiger partial charge in [-0.15, -0.1) is 22.0 Å². The molecular weight excluding hydrogens is 382 g/mol. The van der Waals surface area contributed by atoms with Gasteiger partial charge in [0.25, 0.3) is 5.69 Å². The second-order valence-corrected chi connectivity index (χ2v) is 7.53. The Balaban J connectivity index is 1.91. The molecule has 0 unspecified atom stereocenters. The highest BCUT2D eigenvalue weighted by molar-refractivity contribution is 7.98. The second-order valence-electron chi connectivity index (χ2n) is 5.79. The van der Waals surface area contributed by atoms with Crippen molar-refractivity contribution in [2.45, 2.75) is 36.3 Å². The molecule has 0 aliphatic carbocycles. The molecule has 0 bridgehead atoms. The maximum Gasteiger partial charge on any atom is 0.273 e. The van der Waals surface area contributed by atoms with Gasteiger partial charge in [-0.2, -0.15) is 0 Å². The lowest BCUT2D eigenvalue weighted by atomic mass is 10.1. The van der Waals surface area contributed by atoms with Crippen molar-refractivity contribution in [3.05, 3.63) is 57.8 Å². The highest BCUT2D eigenvalue weighted by Gasteiger charge is 2.19. The largest absolute Gasteiger partial charge is 0.302 e. The van der Waals surface area contributed by atoms with Crippen molar-refractivity contribution in [3.63, 3.8) is 0 Å². The van der Waals surface area contributed by atoms with Crippen LogP contribution in [0.25, 0.3) is 11.4 Å². The van der Waals surface area contributed by atoms with Crippen molar-refractivity contribution in [1.29, 1.82) is 0 Å². The van der Waals surface area contributed by atoms with Gasteiger partial charge in [-0.25, -0.2) is 4.98 Å². The zero-order chi connectivity index (χ0) is 19.4. The quantitative estimate of drug-likeness (QED) is 0.325. The molecule has 9 heteroatoms. The molecule has 0 spiro atoms.